The van der Waals surface area contributed by atoms with Crippen molar-refractivity contribution in [1.29, 1.82) is 0 Å². The molecule has 3 rings (SSSR count). The molecular formula is C18H21N3O3. The number of aromatic nitrogens is 1. The molecule has 2 aromatic rings. The first-order valence-corrected chi connectivity index (χ1v) is 7.99. The lowest BCUT2D eigenvalue weighted by Gasteiger charge is -2.36. The summed E-state index contributed by atoms with van der Waals surface area (Å²) in [5.74, 6) is 0.808. The molecular weight excluding hydrogens is 306 g/mol. The van der Waals surface area contributed by atoms with Crippen LogP contribution in [0, 0.1) is 0 Å². The fourth-order valence-corrected chi connectivity index (χ4v) is 2.86. The van der Waals surface area contributed by atoms with Crippen LogP contribution in [-0.4, -0.2) is 48.7 Å². The van der Waals surface area contributed by atoms with E-state index in [1.165, 1.54) is 10.6 Å². The number of amides is 1. The molecule has 0 unspecified atom stereocenters. The van der Waals surface area contributed by atoms with Crippen LogP contribution in [0.2, 0.25) is 0 Å². The number of methoxy groups -OCH3 is 1. The SMILES string of the molecule is COc1cccc(N2CCN(C(=O)Cn3ccccc3=O)CC2)c1. The number of rotatable bonds is 4. The molecule has 24 heavy (non-hydrogen) atoms. The Kier molecular flexibility index (Phi) is 4.84. The topological polar surface area (TPSA) is 54.8 Å². The Morgan fingerprint density at radius 3 is 2.58 bits per heavy atom. The molecule has 1 aromatic carbocycles. The zero-order chi connectivity index (χ0) is 16.9. The van der Waals surface area contributed by atoms with Crippen LogP contribution < -0.4 is 15.2 Å². The molecule has 1 aliphatic rings. The van der Waals surface area contributed by atoms with Crippen molar-refractivity contribution in [3.05, 3.63) is 59.0 Å². The number of anilines is 1. The van der Waals surface area contributed by atoms with Crippen LogP contribution in [0.1, 0.15) is 0 Å². The standard InChI is InChI=1S/C18H21N3O3/c1-24-16-6-4-5-15(13-16)19-9-11-20(12-10-19)18(23)14-21-8-3-2-7-17(21)22/h2-8,13H,9-12,14H2,1H3. The molecule has 1 amide bonds. The van der Waals surface area contributed by atoms with E-state index in [9.17, 15) is 9.59 Å². The Balaban J connectivity index is 1.59. The van der Waals surface area contributed by atoms with Crippen LogP contribution in [-0.2, 0) is 11.3 Å². The van der Waals surface area contributed by atoms with E-state index in [0.29, 0.717) is 13.1 Å². The van der Waals surface area contributed by atoms with Crippen LogP contribution in [0.25, 0.3) is 0 Å². The van der Waals surface area contributed by atoms with E-state index >= 15 is 0 Å². The number of ether oxygens (including phenoxy) is 1. The van der Waals surface area contributed by atoms with Gasteiger partial charge in [0.1, 0.15) is 12.3 Å². The lowest BCUT2D eigenvalue weighted by molar-refractivity contribution is -0.132. The summed E-state index contributed by atoms with van der Waals surface area (Å²) in [7, 11) is 1.65. The van der Waals surface area contributed by atoms with Crippen molar-refractivity contribution in [2.75, 3.05) is 38.2 Å². The second-order valence-electron chi connectivity index (χ2n) is 5.74. The van der Waals surface area contributed by atoms with Crippen molar-refractivity contribution in [3.63, 3.8) is 0 Å². The van der Waals surface area contributed by atoms with Crippen molar-refractivity contribution in [3.8, 4) is 5.75 Å². The summed E-state index contributed by atoms with van der Waals surface area (Å²) in [6.07, 6.45) is 1.65. The first-order valence-electron chi connectivity index (χ1n) is 7.99. The summed E-state index contributed by atoms with van der Waals surface area (Å²) < 4.78 is 6.70. The number of hydrogen-bond acceptors (Lipinski definition) is 4. The fraction of sp³-hybridized carbons (Fsp3) is 0.333. The van der Waals surface area contributed by atoms with Gasteiger partial charge in [-0.3, -0.25) is 9.59 Å². The molecule has 0 spiro atoms. The summed E-state index contributed by atoms with van der Waals surface area (Å²) in [6, 6.07) is 12.8. The minimum absolute atomic E-state index is 0.0198. The summed E-state index contributed by atoms with van der Waals surface area (Å²) in [6.45, 7) is 2.93. The predicted molar refractivity (Wildman–Crippen MR) is 92.5 cm³/mol. The van der Waals surface area contributed by atoms with E-state index in [0.717, 1.165) is 24.5 Å². The Labute approximate surface area is 140 Å². The van der Waals surface area contributed by atoms with Crippen molar-refractivity contribution < 1.29 is 9.53 Å². The number of hydrogen-bond donors (Lipinski definition) is 0. The molecule has 1 aromatic heterocycles. The van der Waals surface area contributed by atoms with Crippen molar-refractivity contribution >= 4 is 11.6 Å². The number of benzene rings is 1. The molecule has 1 fully saturated rings. The van der Waals surface area contributed by atoms with Gasteiger partial charge in [0.25, 0.3) is 5.56 Å². The van der Waals surface area contributed by atoms with Gasteiger partial charge in [-0.2, -0.15) is 0 Å². The van der Waals surface area contributed by atoms with E-state index < -0.39 is 0 Å². The van der Waals surface area contributed by atoms with Gasteiger partial charge in [-0.15, -0.1) is 0 Å². The first-order chi connectivity index (χ1) is 11.7. The van der Waals surface area contributed by atoms with Crippen molar-refractivity contribution in [2.24, 2.45) is 0 Å². The summed E-state index contributed by atoms with van der Waals surface area (Å²) in [5.41, 5.74) is 0.946. The van der Waals surface area contributed by atoms with Crippen LogP contribution in [0.15, 0.2) is 53.5 Å². The van der Waals surface area contributed by atoms with Gasteiger partial charge < -0.3 is 19.1 Å². The molecule has 0 N–H and O–H groups in total. The van der Waals surface area contributed by atoms with Crippen molar-refractivity contribution in [2.45, 2.75) is 6.54 Å². The first kappa shape index (κ1) is 16.1. The number of nitrogens with zero attached hydrogens (tertiary/aromatic N) is 3. The monoisotopic (exact) mass is 327 g/mol. The maximum Gasteiger partial charge on any atom is 0.250 e. The maximum absolute atomic E-state index is 12.4. The molecule has 1 saturated heterocycles. The van der Waals surface area contributed by atoms with Gasteiger partial charge in [0, 0.05) is 50.2 Å². The third kappa shape index (κ3) is 3.59. The molecule has 0 aliphatic carbocycles. The minimum Gasteiger partial charge on any atom is -0.497 e. The third-order valence-corrected chi connectivity index (χ3v) is 4.26. The lowest BCUT2D eigenvalue weighted by atomic mass is 10.2. The van der Waals surface area contributed by atoms with Crippen molar-refractivity contribution in [1.82, 2.24) is 9.47 Å². The Morgan fingerprint density at radius 2 is 1.88 bits per heavy atom. The van der Waals surface area contributed by atoms with Gasteiger partial charge in [-0.05, 0) is 18.2 Å². The highest BCUT2D eigenvalue weighted by molar-refractivity contribution is 5.76. The van der Waals surface area contributed by atoms with Gasteiger partial charge in [-0.1, -0.05) is 12.1 Å². The molecule has 126 valence electrons. The Hall–Kier alpha value is -2.76. The Bertz CT molecular complexity index is 764. The molecule has 2 heterocycles. The summed E-state index contributed by atoms with van der Waals surface area (Å²) in [5, 5.41) is 0. The molecule has 0 bridgehead atoms. The van der Waals surface area contributed by atoms with Gasteiger partial charge >= 0.3 is 0 Å². The van der Waals surface area contributed by atoms with Crippen LogP contribution in [0.4, 0.5) is 5.69 Å². The average Bonchev–Trinajstić information content (AvgIpc) is 2.64. The lowest BCUT2D eigenvalue weighted by Crippen LogP contribution is -2.50. The molecule has 0 atom stereocenters. The summed E-state index contributed by atoms with van der Waals surface area (Å²) >= 11 is 0. The Morgan fingerprint density at radius 1 is 1.08 bits per heavy atom. The molecule has 0 saturated carbocycles. The van der Waals surface area contributed by atoms with E-state index in [4.69, 9.17) is 4.74 Å². The van der Waals surface area contributed by atoms with Gasteiger partial charge in [0.15, 0.2) is 0 Å². The zero-order valence-electron chi connectivity index (χ0n) is 13.7. The number of carbonyl (C=O) groups is 1. The smallest absolute Gasteiger partial charge is 0.250 e. The quantitative estimate of drug-likeness (QED) is 0.847. The number of piperazine rings is 1. The predicted octanol–water partition coefficient (Wildman–Crippen LogP) is 1.21. The van der Waals surface area contributed by atoms with Crippen LogP contribution >= 0.6 is 0 Å². The van der Waals surface area contributed by atoms with E-state index in [1.54, 1.807) is 25.4 Å². The second-order valence-corrected chi connectivity index (χ2v) is 5.74. The molecule has 0 radical (unpaired) electrons. The molecule has 6 nitrogen and oxygen atoms in total. The third-order valence-electron chi connectivity index (χ3n) is 4.26. The molecule has 1 aliphatic heterocycles. The highest BCUT2D eigenvalue weighted by Crippen LogP contribution is 2.22. The zero-order valence-corrected chi connectivity index (χ0v) is 13.7. The van der Waals surface area contributed by atoms with Gasteiger partial charge in [-0.25, -0.2) is 0 Å². The maximum atomic E-state index is 12.4. The van der Waals surface area contributed by atoms with E-state index in [-0.39, 0.29) is 18.0 Å². The largest absolute Gasteiger partial charge is 0.497 e. The average molecular weight is 327 g/mol. The van der Waals surface area contributed by atoms with E-state index in [1.807, 2.05) is 29.2 Å². The minimum atomic E-state index is -0.152. The second kappa shape index (κ2) is 7.21. The fourth-order valence-electron chi connectivity index (χ4n) is 2.86. The van der Waals surface area contributed by atoms with Crippen LogP contribution in [0.5, 0.6) is 5.75 Å². The van der Waals surface area contributed by atoms with Gasteiger partial charge in [0.05, 0.1) is 7.11 Å². The summed E-state index contributed by atoms with van der Waals surface area (Å²) in [4.78, 5) is 28.2. The number of carbonyl (C=O) groups excluding carboxylic acids is 1. The van der Waals surface area contributed by atoms with E-state index in [2.05, 4.69) is 4.90 Å². The normalized spacial score (nSPS) is 14.5. The highest BCUT2D eigenvalue weighted by Gasteiger charge is 2.21. The molecule has 6 heteroatoms. The number of pyridine rings is 1. The van der Waals surface area contributed by atoms with Gasteiger partial charge in [0.2, 0.25) is 5.91 Å². The van der Waals surface area contributed by atoms with Crippen LogP contribution in [0.3, 0.4) is 0 Å². The highest BCUT2D eigenvalue weighted by atomic mass is 16.5.